The topological polar surface area (TPSA) is 92.4 Å². The number of methoxy groups -OCH3 is 1. The van der Waals surface area contributed by atoms with Crippen molar-refractivity contribution >= 4 is 22.8 Å². The van der Waals surface area contributed by atoms with E-state index in [-0.39, 0.29) is 35.9 Å². The summed E-state index contributed by atoms with van der Waals surface area (Å²) in [6.07, 6.45) is 0.261. The summed E-state index contributed by atoms with van der Waals surface area (Å²) in [4.78, 5) is 27.9. The van der Waals surface area contributed by atoms with E-state index in [1.807, 2.05) is 13.8 Å². The highest BCUT2D eigenvalue weighted by Crippen LogP contribution is 2.19. The molecule has 2 aromatic rings. The monoisotopic (exact) mass is 332 g/mol. The van der Waals surface area contributed by atoms with Crippen LogP contribution in [0.2, 0.25) is 0 Å². The Morgan fingerprint density at radius 1 is 1.33 bits per heavy atom. The molecule has 0 bridgehead atoms. The number of esters is 1. The van der Waals surface area contributed by atoms with E-state index in [0.29, 0.717) is 16.0 Å². The van der Waals surface area contributed by atoms with Gasteiger partial charge in [-0.2, -0.15) is 4.73 Å². The molecule has 128 valence electrons. The Morgan fingerprint density at radius 3 is 2.62 bits per heavy atom. The van der Waals surface area contributed by atoms with Crippen LogP contribution in [0.3, 0.4) is 0 Å². The van der Waals surface area contributed by atoms with Gasteiger partial charge >= 0.3 is 5.97 Å². The number of nitrogens with zero attached hydrogens (tertiary/aromatic N) is 2. The fraction of sp³-hybridized carbons (Fsp3) is 0.412. The zero-order valence-corrected chi connectivity index (χ0v) is 14.2. The lowest BCUT2D eigenvalue weighted by Crippen LogP contribution is -2.37. The van der Waals surface area contributed by atoms with E-state index >= 15 is 0 Å². The van der Waals surface area contributed by atoms with Gasteiger partial charge in [-0.25, -0.2) is 4.98 Å². The predicted molar refractivity (Wildman–Crippen MR) is 86.5 cm³/mol. The molecule has 0 spiro atoms. The smallest absolute Gasteiger partial charge is 0.306 e. The third-order valence-corrected chi connectivity index (χ3v) is 3.41. The van der Waals surface area contributed by atoms with Gasteiger partial charge in [0.15, 0.2) is 5.69 Å². The van der Waals surface area contributed by atoms with E-state index in [1.54, 1.807) is 12.1 Å². The van der Waals surface area contributed by atoms with Crippen LogP contribution in [0.15, 0.2) is 18.2 Å². The summed E-state index contributed by atoms with van der Waals surface area (Å²) in [5.41, 5.74) is 0.628. The van der Waals surface area contributed by atoms with Crippen molar-refractivity contribution < 1.29 is 23.8 Å². The van der Waals surface area contributed by atoms with Gasteiger partial charge in [0, 0.05) is 13.3 Å². The molecule has 7 nitrogen and oxygen atoms in total. The van der Waals surface area contributed by atoms with Crippen molar-refractivity contribution in [3.8, 4) is 5.75 Å². The second-order valence-electron chi connectivity index (χ2n) is 5.87. The molecule has 0 N–H and O–H groups in total. The molecule has 24 heavy (non-hydrogen) atoms. The lowest BCUT2D eigenvalue weighted by atomic mass is 10.1. The van der Waals surface area contributed by atoms with Crippen LogP contribution < -0.4 is 9.47 Å². The molecule has 1 heterocycles. The molecule has 0 fully saturated rings. The molecule has 0 aliphatic carbocycles. The summed E-state index contributed by atoms with van der Waals surface area (Å²) in [7, 11) is 1.48. The maximum atomic E-state index is 12.5. The summed E-state index contributed by atoms with van der Waals surface area (Å²) in [5, 5.41) is 12.5. The molecule has 0 saturated carbocycles. The molecule has 0 aliphatic rings. The number of Topliss-reactive ketones (excluding diaryl/α,β-unsaturated/α-hetero) is 1. The van der Waals surface area contributed by atoms with Gasteiger partial charge in [0.2, 0.25) is 11.3 Å². The van der Waals surface area contributed by atoms with Gasteiger partial charge < -0.3 is 14.7 Å². The Kier molecular flexibility index (Phi) is 5.33. The average molecular weight is 332 g/mol. The minimum Gasteiger partial charge on any atom is -0.618 e. The highest BCUT2D eigenvalue weighted by atomic mass is 16.5. The molecule has 0 unspecified atom stereocenters. The number of carbonyl (C=O) groups is 2. The van der Waals surface area contributed by atoms with E-state index in [2.05, 4.69) is 4.98 Å². The third-order valence-electron chi connectivity index (χ3n) is 3.41. The molecule has 1 aromatic carbocycles. The van der Waals surface area contributed by atoms with Gasteiger partial charge in [-0.15, -0.1) is 0 Å². The van der Waals surface area contributed by atoms with Crippen LogP contribution >= 0.6 is 0 Å². The van der Waals surface area contributed by atoms with Gasteiger partial charge in [0.25, 0.3) is 5.69 Å². The quantitative estimate of drug-likeness (QED) is 0.348. The Labute approximate surface area is 139 Å². The Bertz CT molecular complexity index is 786. The number of hydrogen-bond acceptors (Lipinski definition) is 6. The molecule has 1 aromatic heterocycles. The Balaban J connectivity index is 2.43. The first-order chi connectivity index (χ1) is 11.3. The van der Waals surface area contributed by atoms with E-state index in [1.165, 1.54) is 20.1 Å². The summed E-state index contributed by atoms with van der Waals surface area (Å²) in [5.74, 6) is -0.198. The van der Waals surface area contributed by atoms with Crippen LogP contribution in [0.4, 0.5) is 0 Å². The number of carbonyl (C=O) groups excluding carboxylic acids is 2. The second-order valence-corrected chi connectivity index (χ2v) is 5.87. The van der Waals surface area contributed by atoms with Crippen LogP contribution in [-0.4, -0.2) is 23.8 Å². The largest absolute Gasteiger partial charge is 0.618 e. The molecule has 0 atom stereocenters. The maximum Gasteiger partial charge on any atom is 0.306 e. The van der Waals surface area contributed by atoms with Gasteiger partial charge in [-0.1, -0.05) is 13.8 Å². The Morgan fingerprint density at radius 2 is 2.04 bits per heavy atom. The lowest BCUT2D eigenvalue weighted by molar-refractivity contribution is -0.580. The fourth-order valence-corrected chi connectivity index (χ4v) is 2.31. The zero-order chi connectivity index (χ0) is 17.9. The van der Waals surface area contributed by atoms with Crippen LogP contribution in [-0.2, 0) is 16.1 Å². The van der Waals surface area contributed by atoms with Crippen molar-refractivity contribution in [2.24, 2.45) is 5.92 Å². The van der Waals surface area contributed by atoms with Crippen LogP contribution in [0.1, 0.15) is 43.4 Å². The minimum absolute atomic E-state index is 0.131. The standard InChI is InChI=1S/C17H20N2O5/c1-10(2)7-16(21)24-9-14-17(11(3)20)19(22)15-8-12(23-4)5-6-13(15)18-14/h5-6,8,10H,7,9H2,1-4H3. The van der Waals surface area contributed by atoms with Crippen LogP contribution in [0.5, 0.6) is 5.75 Å². The number of benzene rings is 1. The van der Waals surface area contributed by atoms with Crippen molar-refractivity contribution in [3.63, 3.8) is 0 Å². The van der Waals surface area contributed by atoms with E-state index < -0.39 is 11.8 Å². The number of fused-ring (bicyclic) bond motifs is 1. The number of ketones is 1. The van der Waals surface area contributed by atoms with Crippen molar-refractivity contribution in [2.45, 2.75) is 33.8 Å². The maximum absolute atomic E-state index is 12.5. The summed E-state index contributed by atoms with van der Waals surface area (Å²) in [6.45, 7) is 4.85. The minimum atomic E-state index is -0.447. The van der Waals surface area contributed by atoms with Gasteiger partial charge in [0.05, 0.1) is 13.2 Å². The van der Waals surface area contributed by atoms with Crippen molar-refractivity contribution in [3.05, 3.63) is 34.8 Å². The molecule has 2 rings (SSSR count). The molecule has 0 saturated heterocycles. The first kappa shape index (κ1) is 17.7. The lowest BCUT2D eigenvalue weighted by Gasteiger charge is -2.11. The molecule has 0 amide bonds. The predicted octanol–water partition coefficient (Wildman–Crippen LogP) is 2.17. The van der Waals surface area contributed by atoms with Gasteiger partial charge in [-0.05, 0) is 18.1 Å². The molecular weight excluding hydrogens is 312 g/mol. The third kappa shape index (κ3) is 3.79. The van der Waals surface area contributed by atoms with Crippen molar-refractivity contribution in [1.82, 2.24) is 4.98 Å². The summed E-state index contributed by atoms with van der Waals surface area (Å²) < 4.78 is 10.8. The number of aromatic nitrogens is 2. The molecule has 7 heteroatoms. The van der Waals surface area contributed by atoms with E-state index in [4.69, 9.17) is 9.47 Å². The summed E-state index contributed by atoms with van der Waals surface area (Å²) >= 11 is 0. The van der Waals surface area contributed by atoms with Crippen LogP contribution in [0.25, 0.3) is 11.0 Å². The highest BCUT2D eigenvalue weighted by molar-refractivity contribution is 5.93. The average Bonchev–Trinajstić information content (AvgIpc) is 2.51. The number of hydrogen-bond donors (Lipinski definition) is 0. The second kappa shape index (κ2) is 7.25. The first-order valence-corrected chi connectivity index (χ1v) is 7.60. The van der Waals surface area contributed by atoms with E-state index in [0.717, 1.165) is 0 Å². The molecule has 0 radical (unpaired) electrons. The van der Waals surface area contributed by atoms with Gasteiger partial charge in [-0.3, -0.25) is 9.59 Å². The van der Waals surface area contributed by atoms with E-state index in [9.17, 15) is 14.8 Å². The van der Waals surface area contributed by atoms with Gasteiger partial charge in [0.1, 0.15) is 17.9 Å². The summed E-state index contributed by atoms with van der Waals surface area (Å²) in [6, 6.07) is 4.79. The fourth-order valence-electron chi connectivity index (χ4n) is 2.31. The molecule has 0 aliphatic heterocycles. The zero-order valence-electron chi connectivity index (χ0n) is 14.2. The van der Waals surface area contributed by atoms with Crippen molar-refractivity contribution in [1.29, 1.82) is 0 Å². The highest BCUT2D eigenvalue weighted by Gasteiger charge is 2.24. The SMILES string of the molecule is COc1ccc2nc(COC(=O)CC(C)C)c(C(C)=O)[n+]([O-])c2c1. The van der Waals surface area contributed by atoms with Crippen molar-refractivity contribution in [2.75, 3.05) is 7.11 Å². The Hall–Kier alpha value is -2.70. The van der Waals surface area contributed by atoms with Crippen LogP contribution in [0, 0.1) is 11.1 Å². The molecular formula is C17H20N2O5. The normalized spacial score (nSPS) is 10.9. The number of rotatable bonds is 6. The number of ether oxygens (including phenoxy) is 2. The first-order valence-electron chi connectivity index (χ1n) is 7.60.